The van der Waals surface area contributed by atoms with Crippen LogP contribution in [0.4, 0.5) is 0 Å². The molecule has 0 spiro atoms. The van der Waals surface area contributed by atoms with Gasteiger partial charge in [0.1, 0.15) is 0 Å². The maximum absolute atomic E-state index is 13.0. The fraction of sp³-hybridized carbons (Fsp3) is 0.350. The van der Waals surface area contributed by atoms with Crippen molar-refractivity contribution < 1.29 is 13.2 Å². The topological polar surface area (TPSA) is 54.5 Å². The second-order valence-electron chi connectivity index (χ2n) is 7.06. The minimum absolute atomic E-state index is 0.00344. The highest BCUT2D eigenvalue weighted by Crippen LogP contribution is 2.40. The molecule has 2 unspecified atom stereocenters. The maximum Gasteiger partial charge on any atom is 0.254 e. The van der Waals surface area contributed by atoms with Gasteiger partial charge in [-0.2, -0.15) is 0 Å². The van der Waals surface area contributed by atoms with Crippen LogP contribution in [-0.4, -0.2) is 36.6 Å². The molecule has 2 bridgehead atoms. The van der Waals surface area contributed by atoms with Crippen LogP contribution in [0.25, 0.3) is 0 Å². The van der Waals surface area contributed by atoms with E-state index in [0.717, 1.165) is 17.3 Å². The second kappa shape index (κ2) is 6.82. The van der Waals surface area contributed by atoms with E-state index in [4.69, 9.17) is 0 Å². The summed E-state index contributed by atoms with van der Waals surface area (Å²) in [5.74, 6) is 0.00867. The van der Waals surface area contributed by atoms with E-state index >= 15 is 0 Å². The number of benzene rings is 2. The van der Waals surface area contributed by atoms with Crippen LogP contribution in [0.1, 0.15) is 36.0 Å². The van der Waals surface area contributed by atoms with Crippen LogP contribution >= 0.6 is 15.9 Å². The van der Waals surface area contributed by atoms with Crippen LogP contribution in [0.2, 0.25) is 0 Å². The zero-order chi connectivity index (χ0) is 18.3. The van der Waals surface area contributed by atoms with Gasteiger partial charge in [-0.1, -0.05) is 40.2 Å². The molecule has 2 atom stereocenters. The molecule has 2 fully saturated rings. The van der Waals surface area contributed by atoms with Crippen molar-refractivity contribution in [3.8, 4) is 0 Å². The van der Waals surface area contributed by atoms with Crippen molar-refractivity contribution in [3.05, 3.63) is 64.6 Å². The Morgan fingerprint density at radius 3 is 2.23 bits per heavy atom. The number of piperidine rings is 1. The van der Waals surface area contributed by atoms with E-state index in [-0.39, 0.29) is 18.0 Å². The number of nitrogens with zero attached hydrogens (tertiary/aromatic N) is 1. The summed E-state index contributed by atoms with van der Waals surface area (Å²) in [5, 5.41) is -0.408. The highest BCUT2D eigenvalue weighted by atomic mass is 79.9. The quantitative estimate of drug-likeness (QED) is 0.732. The van der Waals surface area contributed by atoms with E-state index < -0.39 is 15.1 Å². The molecule has 0 saturated carbocycles. The molecule has 2 aromatic rings. The molecule has 0 aromatic heterocycles. The highest BCUT2D eigenvalue weighted by molar-refractivity contribution is 9.10. The lowest BCUT2D eigenvalue weighted by Gasteiger charge is -2.38. The average Bonchev–Trinajstić information content (AvgIpc) is 2.90. The number of halogens is 1. The molecular weight excluding hydrogens is 414 g/mol. The maximum atomic E-state index is 13.0. The van der Waals surface area contributed by atoms with Crippen molar-refractivity contribution in [1.82, 2.24) is 4.90 Å². The monoisotopic (exact) mass is 433 g/mol. The molecule has 4 nitrogen and oxygen atoms in total. The Kier molecular flexibility index (Phi) is 4.65. The standard InChI is InChI=1S/C20H20BrNO3S/c21-15-6-4-5-14(11-15)20(23)22-16-9-10-17(22)13-19(12-16)26(24,25)18-7-2-1-3-8-18/h1-8,11,16-17,19H,9-10,12-13H2. The fourth-order valence-electron chi connectivity index (χ4n) is 4.29. The molecule has 6 heteroatoms. The van der Waals surface area contributed by atoms with Crippen molar-refractivity contribution in [2.45, 2.75) is 47.9 Å². The minimum Gasteiger partial charge on any atom is -0.333 e. The summed E-state index contributed by atoms with van der Waals surface area (Å²) in [7, 11) is -3.35. The van der Waals surface area contributed by atoms with Gasteiger partial charge in [-0.15, -0.1) is 0 Å². The van der Waals surface area contributed by atoms with Crippen LogP contribution in [-0.2, 0) is 9.84 Å². The van der Waals surface area contributed by atoms with Crippen molar-refractivity contribution in [1.29, 1.82) is 0 Å². The molecule has 2 aliphatic heterocycles. The molecule has 136 valence electrons. The number of hydrogen-bond donors (Lipinski definition) is 0. The van der Waals surface area contributed by atoms with Gasteiger partial charge in [-0.3, -0.25) is 4.79 Å². The first-order valence-corrected chi connectivity index (χ1v) is 11.2. The van der Waals surface area contributed by atoms with Crippen LogP contribution in [0, 0.1) is 0 Å². The lowest BCUT2D eigenvalue weighted by Crippen LogP contribution is -2.49. The number of fused-ring (bicyclic) bond motifs is 2. The molecule has 0 aliphatic carbocycles. The summed E-state index contributed by atoms with van der Waals surface area (Å²) in [6.45, 7) is 0. The van der Waals surface area contributed by atoms with Crippen LogP contribution < -0.4 is 0 Å². The average molecular weight is 434 g/mol. The van der Waals surface area contributed by atoms with Gasteiger partial charge in [0.15, 0.2) is 9.84 Å². The molecule has 2 aromatic carbocycles. The predicted molar refractivity (Wildman–Crippen MR) is 104 cm³/mol. The summed E-state index contributed by atoms with van der Waals surface area (Å²) < 4.78 is 26.8. The first kappa shape index (κ1) is 17.7. The normalized spacial score (nSPS) is 25.3. The Labute approximate surface area is 162 Å². The summed E-state index contributed by atoms with van der Waals surface area (Å²) in [6.07, 6.45) is 2.80. The van der Waals surface area contributed by atoms with Gasteiger partial charge in [0, 0.05) is 22.1 Å². The third kappa shape index (κ3) is 3.09. The van der Waals surface area contributed by atoms with E-state index in [1.807, 2.05) is 35.2 Å². The van der Waals surface area contributed by atoms with Gasteiger partial charge in [0.05, 0.1) is 10.1 Å². The summed E-state index contributed by atoms with van der Waals surface area (Å²) in [6, 6.07) is 16.1. The largest absolute Gasteiger partial charge is 0.333 e. The Morgan fingerprint density at radius 1 is 0.962 bits per heavy atom. The predicted octanol–water partition coefficient (Wildman–Crippen LogP) is 4.06. The van der Waals surface area contributed by atoms with Gasteiger partial charge in [0.2, 0.25) is 0 Å². The third-order valence-corrected chi connectivity index (χ3v) is 8.19. The molecule has 26 heavy (non-hydrogen) atoms. The van der Waals surface area contributed by atoms with Gasteiger partial charge < -0.3 is 4.90 Å². The molecular formula is C20H20BrNO3S. The molecule has 2 heterocycles. The van der Waals surface area contributed by atoms with E-state index in [0.29, 0.717) is 23.3 Å². The number of carbonyl (C=O) groups is 1. The number of hydrogen-bond acceptors (Lipinski definition) is 3. The van der Waals surface area contributed by atoms with Crippen LogP contribution in [0.5, 0.6) is 0 Å². The van der Waals surface area contributed by atoms with E-state index in [1.54, 1.807) is 24.3 Å². The highest BCUT2D eigenvalue weighted by Gasteiger charge is 2.47. The summed E-state index contributed by atoms with van der Waals surface area (Å²) in [4.78, 5) is 15.3. The Hall–Kier alpha value is -1.66. The zero-order valence-corrected chi connectivity index (χ0v) is 16.6. The van der Waals surface area contributed by atoms with Crippen LogP contribution in [0.3, 0.4) is 0 Å². The summed E-state index contributed by atoms with van der Waals surface area (Å²) >= 11 is 3.41. The lowest BCUT2D eigenvalue weighted by molar-refractivity contribution is 0.0598. The number of rotatable bonds is 3. The Morgan fingerprint density at radius 2 is 1.62 bits per heavy atom. The summed E-state index contributed by atoms with van der Waals surface area (Å²) in [5.41, 5.74) is 0.653. The molecule has 1 amide bonds. The Bertz CT molecular complexity index is 915. The first-order chi connectivity index (χ1) is 12.5. The number of sulfone groups is 1. The third-order valence-electron chi connectivity index (χ3n) is 5.51. The van der Waals surface area contributed by atoms with Gasteiger partial charge in [-0.05, 0) is 56.0 Å². The molecule has 0 N–H and O–H groups in total. The van der Waals surface area contributed by atoms with E-state index in [9.17, 15) is 13.2 Å². The van der Waals surface area contributed by atoms with E-state index in [2.05, 4.69) is 15.9 Å². The fourth-order valence-corrected chi connectivity index (χ4v) is 6.56. The smallest absolute Gasteiger partial charge is 0.254 e. The molecule has 2 saturated heterocycles. The van der Waals surface area contributed by atoms with Crippen molar-refractivity contribution in [3.63, 3.8) is 0 Å². The number of amides is 1. The zero-order valence-electron chi connectivity index (χ0n) is 14.2. The second-order valence-corrected chi connectivity index (χ2v) is 10.2. The van der Waals surface area contributed by atoms with Gasteiger partial charge in [-0.25, -0.2) is 8.42 Å². The Balaban J connectivity index is 1.57. The van der Waals surface area contributed by atoms with Gasteiger partial charge >= 0.3 is 0 Å². The van der Waals surface area contributed by atoms with Gasteiger partial charge in [0.25, 0.3) is 5.91 Å². The lowest BCUT2D eigenvalue weighted by atomic mass is 10.0. The SMILES string of the molecule is O=C(c1cccc(Br)c1)N1C2CCC1CC(S(=O)(=O)c1ccccc1)C2. The number of carbonyl (C=O) groups excluding carboxylic acids is 1. The van der Waals surface area contributed by atoms with Crippen molar-refractivity contribution >= 4 is 31.7 Å². The molecule has 2 aliphatic rings. The van der Waals surface area contributed by atoms with Crippen LogP contribution in [0.15, 0.2) is 64.0 Å². The minimum atomic E-state index is -3.35. The van der Waals surface area contributed by atoms with E-state index in [1.165, 1.54) is 0 Å². The first-order valence-electron chi connectivity index (χ1n) is 8.84. The molecule has 4 rings (SSSR count). The molecule has 0 radical (unpaired) electrons. The van der Waals surface area contributed by atoms with Crippen molar-refractivity contribution in [2.24, 2.45) is 0 Å². The van der Waals surface area contributed by atoms with Crippen molar-refractivity contribution in [2.75, 3.05) is 0 Å².